The van der Waals surface area contributed by atoms with Crippen molar-refractivity contribution in [2.75, 3.05) is 0 Å². The molecule has 0 aromatic heterocycles. The lowest BCUT2D eigenvalue weighted by molar-refractivity contribution is -0.136. The van der Waals surface area contributed by atoms with Gasteiger partial charge in [0.2, 0.25) is 11.8 Å². The Labute approximate surface area is 159 Å². The number of imide groups is 1. The van der Waals surface area contributed by atoms with E-state index in [1.54, 1.807) is 34.9 Å². The van der Waals surface area contributed by atoms with Crippen molar-refractivity contribution < 1.29 is 18.8 Å². The highest BCUT2D eigenvalue weighted by atomic mass is 32.2. The minimum absolute atomic E-state index is 0.177. The summed E-state index contributed by atoms with van der Waals surface area (Å²) in [5.41, 5.74) is 2.49. The Morgan fingerprint density at radius 1 is 1.11 bits per heavy atom. The molecule has 138 valence electrons. The molecule has 2 aromatic rings. The third kappa shape index (κ3) is 3.47. The quantitative estimate of drug-likeness (QED) is 0.650. The first-order chi connectivity index (χ1) is 13.0. The third-order valence-electron chi connectivity index (χ3n) is 4.85. The van der Waals surface area contributed by atoms with Gasteiger partial charge in [-0.25, -0.2) is 4.39 Å². The number of hydrogen-bond acceptors (Lipinski definition) is 4. The number of benzene rings is 2. The minimum Gasteiger partial charge on any atom is -0.322 e. The topological polar surface area (TPSA) is 66.5 Å². The molecule has 4 rings (SSSR count). The number of piperidine rings is 1. The van der Waals surface area contributed by atoms with Crippen molar-refractivity contribution >= 4 is 29.5 Å². The van der Waals surface area contributed by atoms with Gasteiger partial charge in [-0.3, -0.25) is 19.7 Å². The van der Waals surface area contributed by atoms with Gasteiger partial charge in [0.25, 0.3) is 5.91 Å². The highest BCUT2D eigenvalue weighted by Gasteiger charge is 2.39. The molecule has 7 heteroatoms. The highest BCUT2D eigenvalue weighted by molar-refractivity contribution is 7.98. The van der Waals surface area contributed by atoms with Crippen molar-refractivity contribution in [3.8, 4) is 0 Å². The van der Waals surface area contributed by atoms with Gasteiger partial charge in [-0.1, -0.05) is 18.2 Å². The van der Waals surface area contributed by atoms with Crippen molar-refractivity contribution in [1.29, 1.82) is 0 Å². The van der Waals surface area contributed by atoms with E-state index in [1.165, 1.54) is 12.1 Å². The van der Waals surface area contributed by atoms with Crippen molar-refractivity contribution in [3.05, 3.63) is 65.0 Å². The highest BCUT2D eigenvalue weighted by Crippen LogP contribution is 2.35. The van der Waals surface area contributed by atoms with Gasteiger partial charge < -0.3 is 4.90 Å². The van der Waals surface area contributed by atoms with Crippen molar-refractivity contribution in [2.45, 2.75) is 36.1 Å². The number of rotatable bonds is 4. The number of amides is 3. The number of carbonyl (C=O) groups is 3. The van der Waals surface area contributed by atoms with Crippen LogP contribution in [0.5, 0.6) is 0 Å². The van der Waals surface area contributed by atoms with E-state index in [-0.39, 0.29) is 24.1 Å². The Kier molecular flexibility index (Phi) is 4.70. The molecule has 2 aliphatic rings. The van der Waals surface area contributed by atoms with Crippen molar-refractivity contribution in [1.82, 2.24) is 10.2 Å². The van der Waals surface area contributed by atoms with Gasteiger partial charge in [-0.15, -0.1) is 11.8 Å². The molecule has 1 unspecified atom stereocenters. The van der Waals surface area contributed by atoms with E-state index in [4.69, 9.17) is 0 Å². The lowest BCUT2D eigenvalue weighted by Crippen LogP contribution is -2.52. The van der Waals surface area contributed by atoms with Crippen LogP contribution in [-0.2, 0) is 21.9 Å². The Hall–Kier alpha value is -2.67. The van der Waals surface area contributed by atoms with E-state index in [0.717, 1.165) is 16.0 Å². The molecule has 0 bridgehead atoms. The summed E-state index contributed by atoms with van der Waals surface area (Å²) < 4.78 is 13.0. The second kappa shape index (κ2) is 7.15. The summed E-state index contributed by atoms with van der Waals surface area (Å²) in [5.74, 6) is -0.494. The van der Waals surface area contributed by atoms with E-state index < -0.39 is 11.9 Å². The molecule has 1 saturated heterocycles. The molecule has 0 aliphatic carbocycles. The molecular formula is C20H17FN2O3S. The average Bonchev–Trinajstić information content (AvgIpc) is 2.99. The van der Waals surface area contributed by atoms with E-state index in [1.807, 2.05) is 12.1 Å². The molecule has 3 amide bonds. The van der Waals surface area contributed by atoms with Gasteiger partial charge >= 0.3 is 0 Å². The summed E-state index contributed by atoms with van der Waals surface area (Å²) in [6.07, 6.45) is 0.588. The summed E-state index contributed by atoms with van der Waals surface area (Å²) in [7, 11) is 0. The van der Waals surface area contributed by atoms with Gasteiger partial charge in [0.15, 0.2) is 0 Å². The number of nitrogens with zero attached hydrogens (tertiary/aromatic N) is 1. The Morgan fingerprint density at radius 2 is 1.89 bits per heavy atom. The molecule has 1 fully saturated rings. The first-order valence-corrected chi connectivity index (χ1v) is 9.65. The number of carbonyl (C=O) groups excluding carboxylic acids is 3. The lowest BCUT2D eigenvalue weighted by atomic mass is 10.0. The van der Waals surface area contributed by atoms with Gasteiger partial charge in [-0.05, 0) is 41.8 Å². The van der Waals surface area contributed by atoms with Gasteiger partial charge in [0.05, 0.1) is 0 Å². The number of fused-ring (bicyclic) bond motifs is 1. The van der Waals surface area contributed by atoms with Crippen LogP contribution < -0.4 is 5.32 Å². The fraction of sp³-hybridized carbons (Fsp3) is 0.250. The fourth-order valence-corrected chi connectivity index (χ4v) is 4.47. The molecule has 0 saturated carbocycles. The summed E-state index contributed by atoms with van der Waals surface area (Å²) >= 11 is 1.58. The van der Waals surface area contributed by atoms with Crippen LogP contribution in [0.4, 0.5) is 4.39 Å². The van der Waals surface area contributed by atoms with E-state index in [0.29, 0.717) is 24.3 Å². The fourth-order valence-electron chi connectivity index (χ4n) is 3.43. The van der Waals surface area contributed by atoms with Crippen LogP contribution in [0.25, 0.3) is 0 Å². The largest absolute Gasteiger partial charge is 0.322 e. The molecular weight excluding hydrogens is 367 g/mol. The van der Waals surface area contributed by atoms with Crippen LogP contribution in [0.1, 0.15) is 34.3 Å². The standard InChI is InChI=1S/C20H17FN2O3S/c21-13-6-4-12(5-7-13)11-27-17-3-1-2-14-15(17)10-23(20(14)26)16-8-9-18(24)22-19(16)25/h1-7,16H,8-11H2,(H,22,24,25). The van der Waals surface area contributed by atoms with Crippen LogP contribution >= 0.6 is 11.8 Å². The Morgan fingerprint density at radius 3 is 2.63 bits per heavy atom. The summed E-state index contributed by atoms with van der Waals surface area (Å²) in [6.45, 7) is 0.354. The second-order valence-electron chi connectivity index (χ2n) is 6.60. The molecule has 2 aliphatic heterocycles. The monoisotopic (exact) mass is 384 g/mol. The Balaban J connectivity index is 1.53. The summed E-state index contributed by atoms with van der Waals surface area (Å²) in [4.78, 5) is 38.8. The normalized spacial score (nSPS) is 19.2. The summed E-state index contributed by atoms with van der Waals surface area (Å²) in [5, 5.41) is 2.31. The molecule has 27 heavy (non-hydrogen) atoms. The molecule has 2 aromatic carbocycles. The smallest absolute Gasteiger partial charge is 0.255 e. The number of hydrogen-bond donors (Lipinski definition) is 1. The maximum atomic E-state index is 13.0. The number of nitrogens with one attached hydrogen (secondary N) is 1. The molecule has 0 spiro atoms. The predicted molar refractivity (Wildman–Crippen MR) is 98.4 cm³/mol. The van der Waals surface area contributed by atoms with E-state index >= 15 is 0 Å². The maximum absolute atomic E-state index is 13.0. The Bertz CT molecular complexity index is 929. The van der Waals surface area contributed by atoms with Crippen molar-refractivity contribution in [3.63, 3.8) is 0 Å². The SMILES string of the molecule is O=C1CCC(N2Cc3c(SCc4ccc(F)cc4)cccc3C2=O)C(=O)N1. The first kappa shape index (κ1) is 17.7. The zero-order valence-electron chi connectivity index (χ0n) is 14.4. The zero-order valence-corrected chi connectivity index (χ0v) is 15.2. The first-order valence-electron chi connectivity index (χ1n) is 8.67. The molecule has 2 heterocycles. The number of halogens is 1. The van der Waals surface area contributed by atoms with Crippen LogP contribution in [-0.4, -0.2) is 28.7 Å². The van der Waals surface area contributed by atoms with Gasteiger partial charge in [0.1, 0.15) is 11.9 Å². The van der Waals surface area contributed by atoms with Crippen molar-refractivity contribution in [2.24, 2.45) is 0 Å². The average molecular weight is 384 g/mol. The lowest BCUT2D eigenvalue weighted by Gasteiger charge is -2.29. The summed E-state index contributed by atoms with van der Waals surface area (Å²) in [6, 6.07) is 11.3. The minimum atomic E-state index is -0.613. The molecule has 5 nitrogen and oxygen atoms in total. The molecule has 1 atom stereocenters. The molecule has 1 N–H and O–H groups in total. The van der Waals surface area contributed by atoms with Crippen LogP contribution in [0.15, 0.2) is 47.4 Å². The van der Waals surface area contributed by atoms with Gasteiger partial charge in [0, 0.05) is 29.2 Å². The predicted octanol–water partition coefficient (Wildman–Crippen LogP) is 2.88. The van der Waals surface area contributed by atoms with Crippen LogP contribution in [0.3, 0.4) is 0 Å². The van der Waals surface area contributed by atoms with Gasteiger partial charge in [-0.2, -0.15) is 0 Å². The maximum Gasteiger partial charge on any atom is 0.255 e. The van der Waals surface area contributed by atoms with E-state index in [2.05, 4.69) is 5.32 Å². The van der Waals surface area contributed by atoms with Crippen LogP contribution in [0.2, 0.25) is 0 Å². The third-order valence-corrected chi connectivity index (χ3v) is 6.02. The van der Waals surface area contributed by atoms with Crippen LogP contribution in [0, 0.1) is 5.82 Å². The molecule has 0 radical (unpaired) electrons. The zero-order chi connectivity index (χ0) is 19.0. The van der Waals surface area contributed by atoms with E-state index in [9.17, 15) is 18.8 Å². The second-order valence-corrected chi connectivity index (χ2v) is 7.61. The number of thioether (sulfide) groups is 1.